The number of furan rings is 1. The van der Waals surface area contributed by atoms with E-state index < -0.39 is 6.10 Å². The first-order valence-corrected chi connectivity index (χ1v) is 7.58. The molecule has 1 amide bonds. The van der Waals surface area contributed by atoms with Crippen molar-refractivity contribution in [2.45, 2.75) is 33.8 Å². The topological polar surface area (TPSA) is 63.8 Å². The van der Waals surface area contributed by atoms with E-state index in [-0.39, 0.29) is 5.91 Å². The van der Waals surface area contributed by atoms with Gasteiger partial charge < -0.3 is 9.15 Å². The Morgan fingerprint density at radius 2 is 2.04 bits per heavy atom. The molecular formula is C17H19ClN2O3. The standard InChI is InChI=1S/C17H19ClN2O3/c1-10-9-14(18)6-8-15(10)23-13(4)17(21)20-19-12(3)16-7-5-11(2)22-16/h5-9,13H,1-4H3,(H,20,21). The molecule has 1 aromatic carbocycles. The SMILES string of the molecule is CC(=NNC(=O)C(C)Oc1ccc(Cl)cc1C)c1ccc(C)o1. The predicted octanol–water partition coefficient (Wildman–Crippen LogP) is 3.86. The third kappa shape index (κ3) is 4.60. The summed E-state index contributed by atoms with van der Waals surface area (Å²) < 4.78 is 11.1. The molecule has 1 heterocycles. The lowest BCUT2D eigenvalue weighted by atomic mass is 10.2. The second-order valence-electron chi connectivity index (χ2n) is 5.25. The van der Waals surface area contributed by atoms with Gasteiger partial charge in [0.1, 0.15) is 23.0 Å². The van der Waals surface area contributed by atoms with Crippen LogP contribution in [0, 0.1) is 13.8 Å². The average Bonchev–Trinajstić information content (AvgIpc) is 2.93. The molecule has 2 rings (SSSR count). The minimum absolute atomic E-state index is 0.345. The summed E-state index contributed by atoms with van der Waals surface area (Å²) in [6.07, 6.45) is -0.690. The third-order valence-electron chi connectivity index (χ3n) is 3.24. The quantitative estimate of drug-likeness (QED) is 0.667. The molecule has 5 nitrogen and oxygen atoms in total. The largest absolute Gasteiger partial charge is 0.481 e. The van der Waals surface area contributed by atoms with E-state index in [1.54, 1.807) is 38.1 Å². The molecule has 1 N–H and O–H groups in total. The lowest BCUT2D eigenvalue weighted by Gasteiger charge is -2.15. The fourth-order valence-electron chi connectivity index (χ4n) is 1.90. The predicted molar refractivity (Wildman–Crippen MR) is 90.1 cm³/mol. The van der Waals surface area contributed by atoms with Gasteiger partial charge in [-0.2, -0.15) is 5.10 Å². The van der Waals surface area contributed by atoms with E-state index in [0.29, 0.717) is 22.2 Å². The molecule has 6 heteroatoms. The fraction of sp³-hybridized carbons (Fsp3) is 0.294. The van der Waals surface area contributed by atoms with Crippen LogP contribution < -0.4 is 10.2 Å². The number of aryl methyl sites for hydroxylation is 2. The molecule has 1 aromatic heterocycles. The summed E-state index contributed by atoms with van der Waals surface area (Å²) in [5, 5.41) is 4.66. The van der Waals surface area contributed by atoms with Crippen LogP contribution in [0.4, 0.5) is 0 Å². The number of hydrogen-bond acceptors (Lipinski definition) is 4. The van der Waals surface area contributed by atoms with Crippen LogP contribution in [0.5, 0.6) is 5.75 Å². The molecule has 122 valence electrons. The Hall–Kier alpha value is -2.27. The number of rotatable bonds is 5. The highest BCUT2D eigenvalue weighted by Gasteiger charge is 2.15. The van der Waals surface area contributed by atoms with E-state index in [9.17, 15) is 4.79 Å². The second kappa shape index (κ2) is 7.33. The lowest BCUT2D eigenvalue weighted by molar-refractivity contribution is -0.127. The average molecular weight is 335 g/mol. The molecule has 0 radical (unpaired) electrons. The van der Waals surface area contributed by atoms with Crippen LogP contribution in [0.2, 0.25) is 5.02 Å². The van der Waals surface area contributed by atoms with Gasteiger partial charge >= 0.3 is 0 Å². The second-order valence-corrected chi connectivity index (χ2v) is 5.69. The van der Waals surface area contributed by atoms with Crippen LogP contribution >= 0.6 is 11.6 Å². The van der Waals surface area contributed by atoms with Crippen LogP contribution in [-0.2, 0) is 4.79 Å². The van der Waals surface area contributed by atoms with Crippen LogP contribution in [0.1, 0.15) is 30.9 Å². The first-order chi connectivity index (χ1) is 10.9. The molecule has 0 spiro atoms. The van der Waals surface area contributed by atoms with E-state index >= 15 is 0 Å². The van der Waals surface area contributed by atoms with Gasteiger partial charge in [0.15, 0.2) is 6.10 Å². The van der Waals surface area contributed by atoms with Crippen LogP contribution in [0.15, 0.2) is 39.9 Å². The highest BCUT2D eigenvalue weighted by Crippen LogP contribution is 2.22. The van der Waals surface area contributed by atoms with E-state index in [1.807, 2.05) is 19.9 Å². The van der Waals surface area contributed by atoms with Crippen molar-refractivity contribution in [1.29, 1.82) is 0 Å². The normalized spacial score (nSPS) is 12.8. The van der Waals surface area contributed by atoms with Crippen molar-refractivity contribution in [3.8, 4) is 5.75 Å². The molecule has 0 aliphatic carbocycles. The summed E-state index contributed by atoms with van der Waals surface area (Å²) in [6.45, 7) is 7.13. The number of hydrazone groups is 1. The molecule has 0 aliphatic rings. The summed E-state index contributed by atoms with van der Waals surface area (Å²) in [7, 11) is 0. The molecule has 0 aliphatic heterocycles. The van der Waals surface area contributed by atoms with E-state index in [2.05, 4.69) is 10.5 Å². The van der Waals surface area contributed by atoms with Crippen molar-refractivity contribution in [3.63, 3.8) is 0 Å². The van der Waals surface area contributed by atoms with Gasteiger partial charge in [-0.15, -0.1) is 0 Å². The zero-order chi connectivity index (χ0) is 17.0. The number of carbonyl (C=O) groups excluding carboxylic acids is 1. The highest BCUT2D eigenvalue weighted by molar-refractivity contribution is 6.30. The minimum atomic E-state index is -0.690. The number of carbonyl (C=O) groups is 1. The van der Waals surface area contributed by atoms with Crippen molar-refractivity contribution in [1.82, 2.24) is 5.43 Å². The molecule has 1 atom stereocenters. The number of nitrogens with zero attached hydrogens (tertiary/aromatic N) is 1. The zero-order valence-corrected chi connectivity index (χ0v) is 14.3. The molecule has 1 unspecified atom stereocenters. The molecule has 0 saturated heterocycles. The molecule has 0 bridgehead atoms. The van der Waals surface area contributed by atoms with Crippen LogP contribution in [0.3, 0.4) is 0 Å². The van der Waals surface area contributed by atoms with Crippen LogP contribution in [-0.4, -0.2) is 17.7 Å². The molecular weight excluding hydrogens is 316 g/mol. The Balaban J connectivity index is 1.97. The minimum Gasteiger partial charge on any atom is -0.481 e. The van der Waals surface area contributed by atoms with E-state index in [0.717, 1.165) is 11.3 Å². The Morgan fingerprint density at radius 3 is 2.65 bits per heavy atom. The summed E-state index contributed by atoms with van der Waals surface area (Å²) in [4.78, 5) is 12.1. The van der Waals surface area contributed by atoms with Crippen molar-refractivity contribution in [2.75, 3.05) is 0 Å². The maximum atomic E-state index is 12.1. The molecule has 2 aromatic rings. The fourth-order valence-corrected chi connectivity index (χ4v) is 2.13. The maximum Gasteiger partial charge on any atom is 0.280 e. The number of ether oxygens (including phenoxy) is 1. The summed E-state index contributed by atoms with van der Waals surface area (Å²) in [5.74, 6) is 1.67. The number of nitrogens with one attached hydrogen (secondary N) is 1. The van der Waals surface area contributed by atoms with Gasteiger partial charge in [0.25, 0.3) is 5.91 Å². The summed E-state index contributed by atoms with van der Waals surface area (Å²) >= 11 is 5.90. The van der Waals surface area contributed by atoms with Gasteiger partial charge in [-0.05, 0) is 63.6 Å². The van der Waals surface area contributed by atoms with Gasteiger partial charge in [0.05, 0.1) is 0 Å². The Morgan fingerprint density at radius 1 is 1.30 bits per heavy atom. The van der Waals surface area contributed by atoms with Crippen LogP contribution in [0.25, 0.3) is 0 Å². The molecule has 0 fully saturated rings. The van der Waals surface area contributed by atoms with Gasteiger partial charge in [-0.3, -0.25) is 4.79 Å². The van der Waals surface area contributed by atoms with Gasteiger partial charge in [0.2, 0.25) is 0 Å². The summed E-state index contributed by atoms with van der Waals surface area (Å²) in [5.41, 5.74) is 3.93. The first-order valence-electron chi connectivity index (χ1n) is 7.20. The third-order valence-corrected chi connectivity index (χ3v) is 3.48. The monoisotopic (exact) mass is 334 g/mol. The van der Waals surface area contributed by atoms with E-state index in [1.165, 1.54) is 0 Å². The van der Waals surface area contributed by atoms with Crippen molar-refractivity contribution in [3.05, 3.63) is 52.4 Å². The molecule has 23 heavy (non-hydrogen) atoms. The Kier molecular flexibility index (Phi) is 5.45. The van der Waals surface area contributed by atoms with E-state index in [4.69, 9.17) is 20.8 Å². The summed E-state index contributed by atoms with van der Waals surface area (Å²) in [6, 6.07) is 8.88. The Labute approximate surface area is 140 Å². The lowest BCUT2D eigenvalue weighted by Crippen LogP contribution is -2.34. The number of halogens is 1. The highest BCUT2D eigenvalue weighted by atomic mass is 35.5. The smallest absolute Gasteiger partial charge is 0.280 e. The van der Waals surface area contributed by atoms with Gasteiger partial charge in [-0.25, -0.2) is 5.43 Å². The number of hydrogen-bond donors (Lipinski definition) is 1. The van der Waals surface area contributed by atoms with Crippen molar-refractivity contribution >= 4 is 23.2 Å². The number of benzene rings is 1. The maximum absolute atomic E-state index is 12.1. The van der Waals surface area contributed by atoms with Gasteiger partial charge in [0, 0.05) is 5.02 Å². The Bertz CT molecular complexity index is 737. The zero-order valence-electron chi connectivity index (χ0n) is 13.5. The van der Waals surface area contributed by atoms with Crippen molar-refractivity contribution in [2.24, 2.45) is 5.10 Å². The first kappa shape index (κ1) is 17.1. The molecule has 0 saturated carbocycles. The van der Waals surface area contributed by atoms with Gasteiger partial charge in [-0.1, -0.05) is 11.6 Å². The van der Waals surface area contributed by atoms with Crippen molar-refractivity contribution < 1.29 is 13.9 Å². The number of amides is 1.